The number of nitrogens with one attached hydrogen (secondary N) is 1. The molecule has 1 aliphatic carbocycles. The van der Waals surface area contributed by atoms with E-state index in [2.05, 4.69) is 17.1 Å². The van der Waals surface area contributed by atoms with Gasteiger partial charge in [-0.3, -0.25) is 5.73 Å². The van der Waals surface area contributed by atoms with Gasteiger partial charge in [-0.05, 0) is 18.9 Å². The van der Waals surface area contributed by atoms with Crippen molar-refractivity contribution >= 4 is 5.84 Å². The third-order valence-corrected chi connectivity index (χ3v) is 5.98. The van der Waals surface area contributed by atoms with Crippen LogP contribution in [0.2, 0.25) is 0 Å². The molecule has 2 heterocycles. The van der Waals surface area contributed by atoms with Crippen LogP contribution in [0.25, 0.3) is 0 Å². The number of ether oxygens (including phenoxy) is 2. The lowest BCUT2D eigenvalue weighted by molar-refractivity contribution is -0.680. The molecule has 1 spiro atoms. The molecule has 6 nitrogen and oxygen atoms in total. The topological polar surface area (TPSA) is 106 Å². The van der Waals surface area contributed by atoms with Gasteiger partial charge in [0.05, 0.1) is 24.8 Å². The van der Waals surface area contributed by atoms with E-state index in [1.54, 1.807) is 0 Å². The van der Waals surface area contributed by atoms with Crippen LogP contribution in [0.4, 0.5) is 0 Å². The van der Waals surface area contributed by atoms with Crippen molar-refractivity contribution in [3.8, 4) is 12.1 Å². The summed E-state index contributed by atoms with van der Waals surface area (Å²) >= 11 is 0. The summed E-state index contributed by atoms with van der Waals surface area (Å²) in [6.07, 6.45) is 0.367. The maximum Gasteiger partial charge on any atom is 0.343 e. The maximum absolute atomic E-state index is 10.1. The van der Waals surface area contributed by atoms with Crippen molar-refractivity contribution in [1.82, 2.24) is 0 Å². The number of nitriles is 2. The van der Waals surface area contributed by atoms with E-state index in [-0.39, 0.29) is 11.9 Å². The smallest absolute Gasteiger partial charge is 0.311 e. The van der Waals surface area contributed by atoms with Crippen LogP contribution >= 0.6 is 0 Å². The Balaban J connectivity index is 1.87. The average molecular weight is 323 g/mol. The van der Waals surface area contributed by atoms with Gasteiger partial charge in [0.2, 0.25) is 0 Å². The molecule has 0 amide bonds. The largest absolute Gasteiger partial charge is 0.343 e. The van der Waals surface area contributed by atoms with Crippen LogP contribution in [0.3, 0.4) is 0 Å². The quantitative estimate of drug-likeness (QED) is 0.784. The Bertz CT molecular complexity index is 826. The highest BCUT2D eigenvalue weighted by molar-refractivity contribution is 5.95. The number of benzene rings is 1. The number of rotatable bonds is 2. The van der Waals surface area contributed by atoms with Crippen LogP contribution in [0.15, 0.2) is 30.3 Å². The number of nitrogens with zero attached hydrogens (tertiary/aromatic N) is 2. The molecule has 1 saturated heterocycles. The summed E-state index contributed by atoms with van der Waals surface area (Å²) in [6, 6.07) is 14.5. The molecule has 5 atom stereocenters. The minimum absolute atomic E-state index is 0.174. The number of amidine groups is 1. The standard InChI is InChI=1S/C18H18N4O2/c1-12-9-23-18(24-12)17(11-20)15(2,8-13-6-4-3-5-7-13)16(17,10-19)14(21)22-18/h3-7,12H,8-9H2,1-2H3,(H2,21,22)/p+1/t12-,15+,16+,17-,18+/m1/s1. The normalized spacial score (nSPS) is 45.3. The molecule has 1 aromatic rings. The predicted octanol–water partition coefficient (Wildman–Crippen LogP) is -0.191. The monoisotopic (exact) mass is 323 g/mol. The molecule has 122 valence electrons. The molecule has 2 fully saturated rings. The van der Waals surface area contributed by atoms with Crippen LogP contribution in [0, 0.1) is 38.9 Å². The van der Waals surface area contributed by atoms with Gasteiger partial charge in [0.1, 0.15) is 0 Å². The molecule has 3 N–H and O–H groups in total. The van der Waals surface area contributed by atoms with E-state index in [0.29, 0.717) is 13.0 Å². The highest BCUT2D eigenvalue weighted by Crippen LogP contribution is 2.83. The summed E-state index contributed by atoms with van der Waals surface area (Å²) in [5.41, 5.74) is 4.24. The van der Waals surface area contributed by atoms with Crippen molar-refractivity contribution < 1.29 is 14.5 Å². The van der Waals surface area contributed by atoms with Crippen molar-refractivity contribution in [1.29, 1.82) is 10.5 Å². The van der Waals surface area contributed by atoms with E-state index in [9.17, 15) is 10.5 Å². The first kappa shape index (κ1) is 15.1. The third kappa shape index (κ3) is 1.28. The SMILES string of the molecule is C[C@@H]1CO[C@]2([NH+]=C(N)[C@@]3(C#N)[C@](C)(Cc4ccccc4)[C@@]23C#N)O1. The van der Waals surface area contributed by atoms with Gasteiger partial charge in [0, 0.05) is 5.41 Å². The second-order valence-electron chi connectivity index (χ2n) is 7.11. The summed E-state index contributed by atoms with van der Waals surface area (Å²) in [4.78, 5) is 2.99. The second-order valence-corrected chi connectivity index (χ2v) is 7.11. The minimum Gasteiger partial charge on any atom is -0.311 e. The summed E-state index contributed by atoms with van der Waals surface area (Å²) in [5.74, 6) is -1.09. The number of hydrogen-bond donors (Lipinski definition) is 2. The first-order valence-corrected chi connectivity index (χ1v) is 8.02. The van der Waals surface area contributed by atoms with E-state index >= 15 is 0 Å². The van der Waals surface area contributed by atoms with Gasteiger partial charge >= 0.3 is 5.91 Å². The van der Waals surface area contributed by atoms with Crippen LogP contribution < -0.4 is 10.7 Å². The third-order valence-electron chi connectivity index (χ3n) is 5.98. The highest BCUT2D eigenvalue weighted by atomic mass is 16.8. The van der Waals surface area contributed by atoms with E-state index in [4.69, 9.17) is 15.2 Å². The Morgan fingerprint density at radius 3 is 2.54 bits per heavy atom. The Morgan fingerprint density at radius 1 is 1.29 bits per heavy atom. The maximum atomic E-state index is 10.1. The zero-order valence-electron chi connectivity index (χ0n) is 13.7. The lowest BCUT2D eigenvalue weighted by Gasteiger charge is -2.27. The molecule has 24 heavy (non-hydrogen) atoms. The molecule has 6 heteroatoms. The number of fused-ring (bicyclic) bond motifs is 2. The molecule has 1 saturated carbocycles. The second kappa shape index (κ2) is 4.36. The fourth-order valence-electron chi connectivity index (χ4n) is 4.92. The molecular formula is C18H19N4O2+. The van der Waals surface area contributed by atoms with Crippen molar-refractivity contribution in [2.75, 3.05) is 6.61 Å². The Hall–Kier alpha value is -2.41. The van der Waals surface area contributed by atoms with Crippen LogP contribution in [0.1, 0.15) is 19.4 Å². The fraction of sp³-hybridized carbons (Fsp3) is 0.500. The summed E-state index contributed by atoms with van der Waals surface area (Å²) in [7, 11) is 0. The highest BCUT2D eigenvalue weighted by Gasteiger charge is 3.02. The molecule has 4 rings (SSSR count). The summed E-state index contributed by atoms with van der Waals surface area (Å²) < 4.78 is 11.9. The van der Waals surface area contributed by atoms with E-state index in [1.165, 1.54) is 0 Å². The fourth-order valence-corrected chi connectivity index (χ4v) is 4.92. The van der Waals surface area contributed by atoms with Gasteiger partial charge in [-0.2, -0.15) is 10.5 Å². The van der Waals surface area contributed by atoms with Gasteiger partial charge in [-0.25, -0.2) is 4.99 Å². The lowest BCUT2D eigenvalue weighted by Crippen LogP contribution is -2.90. The Kier molecular flexibility index (Phi) is 2.75. The number of nitrogens with two attached hydrogens (primary N) is 1. The predicted molar refractivity (Wildman–Crippen MR) is 83.7 cm³/mol. The Labute approximate surface area is 140 Å². The van der Waals surface area contributed by atoms with Crippen LogP contribution in [0.5, 0.6) is 0 Å². The van der Waals surface area contributed by atoms with Gasteiger partial charge < -0.3 is 9.47 Å². The lowest BCUT2D eigenvalue weighted by atomic mass is 9.85. The number of hydrogen-bond acceptors (Lipinski definition) is 5. The molecule has 3 aliphatic rings. The van der Waals surface area contributed by atoms with Crippen molar-refractivity contribution in [2.24, 2.45) is 22.0 Å². The first-order valence-electron chi connectivity index (χ1n) is 8.02. The van der Waals surface area contributed by atoms with E-state index in [1.807, 2.05) is 44.2 Å². The Morgan fingerprint density at radius 2 is 2.00 bits per heavy atom. The minimum atomic E-state index is -1.36. The first-order chi connectivity index (χ1) is 11.4. The van der Waals surface area contributed by atoms with Crippen molar-refractivity contribution in [2.45, 2.75) is 32.3 Å². The average Bonchev–Trinajstić information content (AvgIpc) is 2.77. The molecule has 0 radical (unpaired) electrons. The molecular weight excluding hydrogens is 304 g/mol. The summed E-state index contributed by atoms with van der Waals surface area (Å²) in [5, 5.41) is 20.1. The van der Waals surface area contributed by atoms with Gasteiger partial charge in [-0.15, -0.1) is 0 Å². The van der Waals surface area contributed by atoms with Gasteiger partial charge in [0.15, 0.2) is 10.8 Å². The zero-order valence-corrected chi connectivity index (χ0v) is 13.7. The molecule has 0 aromatic heterocycles. The van der Waals surface area contributed by atoms with Crippen LogP contribution in [-0.4, -0.2) is 24.5 Å². The molecule has 2 aliphatic heterocycles. The van der Waals surface area contributed by atoms with Gasteiger partial charge in [0.25, 0.3) is 5.84 Å². The van der Waals surface area contributed by atoms with Gasteiger partial charge in [-0.1, -0.05) is 37.3 Å². The zero-order chi connectivity index (χ0) is 17.2. The van der Waals surface area contributed by atoms with Crippen molar-refractivity contribution in [3.63, 3.8) is 0 Å². The molecule has 0 unspecified atom stereocenters. The summed E-state index contributed by atoms with van der Waals surface area (Å²) in [6.45, 7) is 4.16. The van der Waals surface area contributed by atoms with E-state index in [0.717, 1.165) is 5.56 Å². The van der Waals surface area contributed by atoms with E-state index < -0.39 is 22.2 Å². The van der Waals surface area contributed by atoms with Crippen molar-refractivity contribution in [3.05, 3.63) is 35.9 Å². The molecule has 0 bridgehead atoms. The van der Waals surface area contributed by atoms with Crippen LogP contribution in [-0.2, 0) is 15.9 Å². The molecule has 1 aromatic carbocycles.